The lowest BCUT2D eigenvalue weighted by atomic mass is 9.75. The molecule has 1 aliphatic rings. The zero-order valence-electron chi connectivity index (χ0n) is 29.4. The van der Waals surface area contributed by atoms with Crippen LogP contribution in [0.5, 0.6) is 0 Å². The Morgan fingerprint density at radius 2 is 1.56 bits per heavy atom. The minimum absolute atomic E-state index is 0.428. The van der Waals surface area contributed by atoms with Crippen LogP contribution in [0.4, 0.5) is 16.6 Å². The van der Waals surface area contributed by atoms with Gasteiger partial charge in [-0.2, -0.15) is 14.6 Å². The molecule has 0 fully saturated rings. The highest BCUT2D eigenvalue weighted by molar-refractivity contribution is 7.13. The average Bonchev–Trinajstić information content (AvgIpc) is 4.14. The Kier molecular flexibility index (Phi) is 7.68. The molecule has 1 N–H and O–H groups in total. The van der Waals surface area contributed by atoms with Gasteiger partial charge >= 0.3 is 0 Å². The summed E-state index contributed by atoms with van der Waals surface area (Å²) in [6, 6.07) is 25.6. The standard InChI is InChI=1S/C41H25N13OS2/c1-2-8-26-25(7-1)23-31(49-26)41(30-11-20-55-51-30)37-34(28-10-5-16-48-50-28)36(39-45-14-6-15-46-39)33(29-24-42-17-18-44-29)35(27-9-3-4-13-43-27)38(37)53(32-12-21-57-52-32)54(41)40-47-19-22-56-40/h1-24,49H. The van der Waals surface area contributed by atoms with Crippen molar-refractivity contribution in [1.29, 1.82) is 0 Å². The largest absolute Gasteiger partial charge is 0.364 e. The highest BCUT2D eigenvalue weighted by atomic mass is 32.1. The van der Waals surface area contributed by atoms with Crippen LogP contribution in [0.15, 0.2) is 150 Å². The van der Waals surface area contributed by atoms with Crippen LogP contribution in [0.2, 0.25) is 0 Å². The molecular weight excluding hydrogens is 755 g/mol. The zero-order chi connectivity index (χ0) is 37.8. The monoisotopic (exact) mass is 779 g/mol. The van der Waals surface area contributed by atoms with E-state index in [0.717, 1.165) is 33.4 Å². The Balaban J connectivity index is 1.47. The summed E-state index contributed by atoms with van der Waals surface area (Å²) in [5.41, 5.74) is 6.86. The molecular formula is C41H25N13OS2. The molecule has 1 atom stereocenters. The summed E-state index contributed by atoms with van der Waals surface area (Å²) < 4.78 is 10.8. The van der Waals surface area contributed by atoms with E-state index in [-0.39, 0.29) is 0 Å². The predicted molar refractivity (Wildman–Crippen MR) is 216 cm³/mol. The molecule has 1 unspecified atom stereocenters. The van der Waals surface area contributed by atoms with Crippen molar-refractivity contribution in [2.45, 2.75) is 5.54 Å². The van der Waals surface area contributed by atoms with Crippen molar-refractivity contribution < 1.29 is 4.52 Å². The molecule has 57 heavy (non-hydrogen) atoms. The summed E-state index contributed by atoms with van der Waals surface area (Å²) in [4.78, 5) is 33.2. The average molecular weight is 780 g/mol. The van der Waals surface area contributed by atoms with Crippen molar-refractivity contribution in [3.05, 3.63) is 162 Å². The molecule has 0 bridgehead atoms. The molecule has 11 rings (SSSR count). The molecule has 1 aliphatic heterocycles. The summed E-state index contributed by atoms with van der Waals surface area (Å²) >= 11 is 2.83. The number of aromatic amines is 1. The first-order valence-electron chi connectivity index (χ1n) is 17.7. The van der Waals surface area contributed by atoms with Crippen molar-refractivity contribution in [3.63, 3.8) is 0 Å². The van der Waals surface area contributed by atoms with E-state index >= 15 is 0 Å². The van der Waals surface area contributed by atoms with Crippen molar-refractivity contribution in [3.8, 4) is 45.2 Å². The van der Waals surface area contributed by atoms with Crippen LogP contribution >= 0.6 is 22.9 Å². The van der Waals surface area contributed by atoms with E-state index in [0.29, 0.717) is 56.2 Å². The topological polar surface area (TPSA) is 164 Å². The van der Waals surface area contributed by atoms with Gasteiger partial charge in [-0.3, -0.25) is 15.0 Å². The van der Waals surface area contributed by atoms with Gasteiger partial charge in [-0.25, -0.2) is 25.0 Å². The van der Waals surface area contributed by atoms with Crippen LogP contribution in [0.1, 0.15) is 17.0 Å². The molecule has 0 aliphatic carbocycles. The van der Waals surface area contributed by atoms with Gasteiger partial charge in [-0.05, 0) is 65.4 Å². The number of fused-ring (bicyclic) bond motifs is 2. The number of benzene rings is 2. The fourth-order valence-electron chi connectivity index (χ4n) is 7.82. The lowest BCUT2D eigenvalue weighted by Gasteiger charge is -2.40. The first-order chi connectivity index (χ1) is 28.3. The molecule has 0 saturated heterocycles. The number of rotatable bonds is 8. The van der Waals surface area contributed by atoms with Gasteiger partial charge in [-0.1, -0.05) is 29.4 Å². The molecule has 14 nitrogen and oxygen atoms in total. The smallest absolute Gasteiger partial charge is 0.206 e. The van der Waals surface area contributed by atoms with Crippen LogP contribution in [-0.4, -0.2) is 54.6 Å². The fourth-order valence-corrected chi connectivity index (χ4v) is 8.99. The van der Waals surface area contributed by atoms with E-state index in [9.17, 15) is 0 Å². The van der Waals surface area contributed by atoms with Crippen LogP contribution in [0.3, 0.4) is 0 Å². The second-order valence-electron chi connectivity index (χ2n) is 12.9. The molecule has 0 saturated carbocycles. The number of para-hydroxylation sites is 1. The lowest BCUT2D eigenvalue weighted by Crippen LogP contribution is -2.51. The number of aromatic nitrogens is 11. The fraction of sp³-hybridized carbons (Fsp3) is 0.0244. The number of H-pyrrole nitrogens is 1. The summed E-state index contributed by atoms with van der Waals surface area (Å²) in [7, 11) is 0. The highest BCUT2D eigenvalue weighted by Gasteiger charge is 2.60. The van der Waals surface area contributed by atoms with Crippen molar-refractivity contribution in [2.24, 2.45) is 0 Å². The molecule has 8 aromatic heterocycles. The second-order valence-corrected chi connectivity index (χ2v) is 14.4. The summed E-state index contributed by atoms with van der Waals surface area (Å²) in [6.07, 6.45) is 15.3. The van der Waals surface area contributed by atoms with E-state index in [2.05, 4.69) is 43.3 Å². The number of hydrogen-bond acceptors (Lipinski definition) is 15. The molecule has 16 heteroatoms. The van der Waals surface area contributed by atoms with Crippen LogP contribution in [-0.2, 0) is 5.54 Å². The lowest BCUT2D eigenvalue weighted by molar-refractivity contribution is 0.396. The summed E-state index contributed by atoms with van der Waals surface area (Å²) in [5, 5.41) is 23.9. The number of pyridine rings is 1. The number of nitrogens with zero attached hydrogens (tertiary/aromatic N) is 12. The van der Waals surface area contributed by atoms with Gasteiger partial charge in [0.2, 0.25) is 5.13 Å². The Bertz CT molecular complexity index is 2940. The van der Waals surface area contributed by atoms with Crippen molar-refractivity contribution >= 4 is 50.4 Å². The number of hydrogen-bond donors (Lipinski definition) is 1. The first kappa shape index (κ1) is 32.8. The molecule has 0 spiro atoms. The van der Waals surface area contributed by atoms with Gasteiger partial charge in [0, 0.05) is 93.5 Å². The molecule has 2 aromatic carbocycles. The predicted octanol–water partition coefficient (Wildman–Crippen LogP) is 8.37. The number of hydrazine groups is 1. The number of nitrogens with one attached hydrogen (secondary N) is 1. The molecule has 9 heterocycles. The van der Waals surface area contributed by atoms with Gasteiger partial charge < -0.3 is 9.51 Å². The second kappa shape index (κ2) is 13.3. The van der Waals surface area contributed by atoms with Crippen LogP contribution in [0.25, 0.3) is 56.1 Å². The van der Waals surface area contributed by atoms with E-state index < -0.39 is 5.54 Å². The number of anilines is 3. The van der Waals surface area contributed by atoms with Gasteiger partial charge in [-0.15, -0.1) is 11.3 Å². The third-order valence-electron chi connectivity index (χ3n) is 9.89. The molecule has 0 radical (unpaired) electrons. The maximum Gasteiger partial charge on any atom is 0.206 e. The van der Waals surface area contributed by atoms with E-state index in [1.165, 1.54) is 22.9 Å². The van der Waals surface area contributed by atoms with E-state index in [1.807, 2.05) is 65.4 Å². The Morgan fingerprint density at radius 1 is 0.684 bits per heavy atom. The zero-order valence-corrected chi connectivity index (χ0v) is 31.1. The molecule has 0 amide bonds. The minimum atomic E-state index is -1.36. The Hall–Kier alpha value is -7.56. The van der Waals surface area contributed by atoms with Crippen molar-refractivity contribution in [1.82, 2.24) is 54.6 Å². The van der Waals surface area contributed by atoms with Crippen molar-refractivity contribution in [2.75, 3.05) is 10.0 Å². The minimum Gasteiger partial charge on any atom is -0.364 e. The maximum atomic E-state index is 5.80. The number of thiazole rings is 1. The van der Waals surface area contributed by atoms with Gasteiger partial charge in [0.1, 0.15) is 12.0 Å². The normalized spacial score (nSPS) is 15.0. The quantitative estimate of drug-likeness (QED) is 0.157. The SMILES string of the molecule is c1ccc(-c2c(-c3cnccn3)c(-c3ncccn3)c(-c3cccnn3)c3c2N(c2ccsn2)N(c2nccs2)C3(c2ccon2)c2cc3ccccc3[nH]2)nc1. The van der Waals surface area contributed by atoms with Gasteiger partial charge in [0.25, 0.3) is 0 Å². The molecule has 10 aromatic rings. The first-order valence-corrected chi connectivity index (χ1v) is 19.4. The third kappa shape index (κ3) is 5.01. The summed E-state index contributed by atoms with van der Waals surface area (Å²) in [6.45, 7) is 0. The van der Waals surface area contributed by atoms with Crippen LogP contribution in [0, 0.1) is 0 Å². The molecule has 272 valence electrons. The Labute approximate surface area is 331 Å². The van der Waals surface area contributed by atoms with E-state index in [1.54, 1.807) is 61.9 Å². The van der Waals surface area contributed by atoms with Crippen LogP contribution < -0.4 is 10.0 Å². The maximum absolute atomic E-state index is 5.80. The van der Waals surface area contributed by atoms with E-state index in [4.69, 9.17) is 44.1 Å². The Morgan fingerprint density at radius 3 is 2.30 bits per heavy atom. The van der Waals surface area contributed by atoms with Gasteiger partial charge in [0.15, 0.2) is 17.2 Å². The highest BCUT2D eigenvalue weighted by Crippen LogP contribution is 2.64. The van der Waals surface area contributed by atoms with Gasteiger partial charge in [0.05, 0.1) is 34.7 Å². The third-order valence-corrected chi connectivity index (χ3v) is 11.2. The summed E-state index contributed by atoms with van der Waals surface area (Å²) in [5.74, 6) is 1.06.